The monoisotopic (exact) mass is 245 g/mol. The van der Waals surface area contributed by atoms with E-state index in [1.165, 1.54) is 23.9 Å². The number of fused-ring (bicyclic) bond motifs is 1. The molecule has 0 unspecified atom stereocenters. The SMILES string of the molecule is CCOc1cccc2c(C3CCNCC3)[nH]nc12. The fourth-order valence-electron chi connectivity index (χ4n) is 2.73. The Morgan fingerprint density at radius 2 is 2.17 bits per heavy atom. The molecule has 18 heavy (non-hydrogen) atoms. The predicted molar refractivity (Wildman–Crippen MR) is 72.1 cm³/mol. The lowest BCUT2D eigenvalue weighted by Crippen LogP contribution is -2.26. The first-order valence-electron chi connectivity index (χ1n) is 6.70. The quantitative estimate of drug-likeness (QED) is 0.873. The number of aromatic nitrogens is 2. The van der Waals surface area contributed by atoms with Crippen LogP contribution in [-0.4, -0.2) is 29.9 Å². The lowest BCUT2D eigenvalue weighted by atomic mass is 9.92. The molecule has 1 aromatic carbocycles. The third-order valence-electron chi connectivity index (χ3n) is 3.62. The van der Waals surface area contributed by atoms with Crippen LogP contribution < -0.4 is 10.1 Å². The molecule has 0 atom stereocenters. The molecule has 96 valence electrons. The van der Waals surface area contributed by atoms with E-state index in [0.29, 0.717) is 12.5 Å². The minimum atomic E-state index is 0.591. The molecular weight excluding hydrogens is 226 g/mol. The van der Waals surface area contributed by atoms with Crippen LogP contribution >= 0.6 is 0 Å². The van der Waals surface area contributed by atoms with Crippen LogP contribution in [0.15, 0.2) is 18.2 Å². The normalized spacial score (nSPS) is 17.2. The molecule has 4 heteroatoms. The first kappa shape index (κ1) is 11.5. The van der Waals surface area contributed by atoms with Crippen molar-refractivity contribution >= 4 is 10.9 Å². The van der Waals surface area contributed by atoms with Gasteiger partial charge in [-0.25, -0.2) is 0 Å². The maximum atomic E-state index is 5.62. The number of H-pyrrole nitrogens is 1. The van der Waals surface area contributed by atoms with Gasteiger partial charge in [-0.1, -0.05) is 12.1 Å². The highest BCUT2D eigenvalue weighted by atomic mass is 16.5. The molecular formula is C14H19N3O. The van der Waals surface area contributed by atoms with E-state index in [1.807, 2.05) is 19.1 Å². The number of benzene rings is 1. The van der Waals surface area contributed by atoms with Crippen LogP contribution in [0.5, 0.6) is 5.75 Å². The standard InChI is InChI=1S/C14H19N3O/c1-2-18-12-5-3-4-11-13(16-17-14(11)12)10-6-8-15-9-7-10/h3-5,10,15H,2,6-9H2,1H3,(H,16,17). The van der Waals surface area contributed by atoms with Crippen molar-refractivity contribution < 1.29 is 4.74 Å². The van der Waals surface area contributed by atoms with Gasteiger partial charge in [0.25, 0.3) is 0 Å². The van der Waals surface area contributed by atoms with Gasteiger partial charge >= 0.3 is 0 Å². The van der Waals surface area contributed by atoms with Crippen LogP contribution in [0.4, 0.5) is 0 Å². The van der Waals surface area contributed by atoms with Crippen molar-refractivity contribution in [2.75, 3.05) is 19.7 Å². The van der Waals surface area contributed by atoms with Gasteiger partial charge in [-0.15, -0.1) is 0 Å². The molecule has 2 N–H and O–H groups in total. The van der Waals surface area contributed by atoms with E-state index in [-0.39, 0.29) is 0 Å². The molecule has 2 aromatic rings. The highest BCUT2D eigenvalue weighted by Gasteiger charge is 2.20. The van der Waals surface area contributed by atoms with Crippen molar-refractivity contribution in [3.05, 3.63) is 23.9 Å². The molecule has 4 nitrogen and oxygen atoms in total. The third kappa shape index (κ3) is 1.97. The summed E-state index contributed by atoms with van der Waals surface area (Å²) in [6.45, 7) is 4.86. The summed E-state index contributed by atoms with van der Waals surface area (Å²) in [4.78, 5) is 0. The molecule has 3 rings (SSSR count). The highest BCUT2D eigenvalue weighted by molar-refractivity contribution is 5.87. The molecule has 0 radical (unpaired) electrons. The topological polar surface area (TPSA) is 49.9 Å². The molecule has 0 bridgehead atoms. The summed E-state index contributed by atoms with van der Waals surface area (Å²) in [7, 11) is 0. The maximum Gasteiger partial charge on any atom is 0.147 e. The summed E-state index contributed by atoms with van der Waals surface area (Å²) >= 11 is 0. The number of aromatic amines is 1. The Bertz CT molecular complexity index is 529. The average molecular weight is 245 g/mol. The second-order valence-corrected chi connectivity index (χ2v) is 4.75. The minimum Gasteiger partial charge on any atom is -0.492 e. The second-order valence-electron chi connectivity index (χ2n) is 4.75. The molecule has 0 saturated carbocycles. The molecule has 1 fully saturated rings. The Labute approximate surface area is 107 Å². The van der Waals surface area contributed by atoms with Crippen molar-refractivity contribution in [2.24, 2.45) is 0 Å². The third-order valence-corrected chi connectivity index (χ3v) is 3.62. The first-order valence-corrected chi connectivity index (χ1v) is 6.70. The minimum absolute atomic E-state index is 0.591. The van der Waals surface area contributed by atoms with Gasteiger partial charge in [0.1, 0.15) is 11.3 Å². The average Bonchev–Trinajstić information content (AvgIpc) is 2.85. The Morgan fingerprint density at radius 1 is 1.33 bits per heavy atom. The van der Waals surface area contributed by atoms with Gasteiger partial charge in [0.05, 0.1) is 6.61 Å². The van der Waals surface area contributed by atoms with Crippen molar-refractivity contribution in [3.8, 4) is 5.75 Å². The zero-order valence-electron chi connectivity index (χ0n) is 10.7. The summed E-state index contributed by atoms with van der Waals surface area (Å²) < 4.78 is 5.62. The highest BCUT2D eigenvalue weighted by Crippen LogP contribution is 2.33. The molecule has 0 aliphatic carbocycles. The number of hydrogen-bond donors (Lipinski definition) is 2. The Morgan fingerprint density at radius 3 is 2.94 bits per heavy atom. The molecule has 0 spiro atoms. The van der Waals surface area contributed by atoms with Gasteiger partial charge < -0.3 is 10.1 Å². The second kappa shape index (κ2) is 4.98. The first-order chi connectivity index (χ1) is 8.90. The number of hydrogen-bond acceptors (Lipinski definition) is 3. The fraction of sp³-hybridized carbons (Fsp3) is 0.500. The zero-order chi connectivity index (χ0) is 12.4. The van der Waals surface area contributed by atoms with Crippen molar-refractivity contribution in [1.82, 2.24) is 15.5 Å². The van der Waals surface area contributed by atoms with Crippen molar-refractivity contribution in [2.45, 2.75) is 25.7 Å². The van der Waals surface area contributed by atoms with Gasteiger partial charge in [0, 0.05) is 17.0 Å². The Hall–Kier alpha value is -1.55. The van der Waals surface area contributed by atoms with Crippen LogP contribution in [0.1, 0.15) is 31.4 Å². The summed E-state index contributed by atoms with van der Waals surface area (Å²) in [6.07, 6.45) is 2.35. The summed E-state index contributed by atoms with van der Waals surface area (Å²) in [5.74, 6) is 1.47. The van der Waals surface area contributed by atoms with Crippen LogP contribution in [0.2, 0.25) is 0 Å². The van der Waals surface area contributed by atoms with E-state index in [9.17, 15) is 0 Å². The van der Waals surface area contributed by atoms with Crippen LogP contribution in [0, 0.1) is 0 Å². The zero-order valence-corrected chi connectivity index (χ0v) is 10.7. The van der Waals surface area contributed by atoms with Gasteiger partial charge in [-0.2, -0.15) is 5.10 Å². The van der Waals surface area contributed by atoms with E-state index in [2.05, 4.69) is 21.6 Å². The lowest BCUT2D eigenvalue weighted by molar-refractivity contribution is 0.343. The number of rotatable bonds is 3. The number of nitrogens with one attached hydrogen (secondary N) is 2. The van der Waals surface area contributed by atoms with Crippen LogP contribution in [0.3, 0.4) is 0 Å². The lowest BCUT2D eigenvalue weighted by Gasteiger charge is -2.21. The van der Waals surface area contributed by atoms with E-state index >= 15 is 0 Å². The van der Waals surface area contributed by atoms with Crippen LogP contribution in [0.25, 0.3) is 10.9 Å². The van der Waals surface area contributed by atoms with Gasteiger partial charge in [0.2, 0.25) is 0 Å². The van der Waals surface area contributed by atoms with Gasteiger partial charge in [-0.3, -0.25) is 5.10 Å². The summed E-state index contributed by atoms with van der Waals surface area (Å²) in [5.41, 5.74) is 2.24. The molecule has 1 saturated heterocycles. The molecule has 1 aliphatic heterocycles. The number of nitrogens with zero attached hydrogens (tertiary/aromatic N) is 1. The number of para-hydroxylation sites is 1. The van der Waals surface area contributed by atoms with Gasteiger partial charge in [-0.05, 0) is 38.9 Å². The largest absolute Gasteiger partial charge is 0.492 e. The van der Waals surface area contributed by atoms with E-state index in [0.717, 1.165) is 24.4 Å². The fourth-order valence-corrected chi connectivity index (χ4v) is 2.73. The number of piperidine rings is 1. The number of ether oxygens (including phenoxy) is 1. The molecule has 1 aliphatic rings. The summed E-state index contributed by atoms with van der Waals surface area (Å²) in [5, 5.41) is 12.3. The Balaban J connectivity index is 2.00. The van der Waals surface area contributed by atoms with E-state index in [4.69, 9.17) is 4.74 Å². The van der Waals surface area contributed by atoms with E-state index < -0.39 is 0 Å². The van der Waals surface area contributed by atoms with Crippen LogP contribution in [-0.2, 0) is 0 Å². The molecule has 2 heterocycles. The Kier molecular flexibility index (Phi) is 3.19. The molecule has 0 amide bonds. The molecule has 1 aromatic heterocycles. The summed E-state index contributed by atoms with van der Waals surface area (Å²) in [6, 6.07) is 6.17. The van der Waals surface area contributed by atoms with Crippen molar-refractivity contribution in [1.29, 1.82) is 0 Å². The predicted octanol–water partition coefficient (Wildman–Crippen LogP) is 2.43. The smallest absolute Gasteiger partial charge is 0.147 e. The maximum absolute atomic E-state index is 5.62. The van der Waals surface area contributed by atoms with E-state index in [1.54, 1.807) is 0 Å². The van der Waals surface area contributed by atoms with Gasteiger partial charge in [0.15, 0.2) is 0 Å². The van der Waals surface area contributed by atoms with Crippen molar-refractivity contribution in [3.63, 3.8) is 0 Å².